The SMILES string of the molecule is Cc1ccc2c(c1)c(=O)c(C(=O)NCCc1cccc(Cl)c1)nn2C. The molecular weight excluding hydrogens is 338 g/mol. The number of benzene rings is 2. The number of rotatable bonds is 4. The number of aromatic nitrogens is 2. The number of nitrogens with zero attached hydrogens (tertiary/aromatic N) is 2. The summed E-state index contributed by atoms with van der Waals surface area (Å²) in [7, 11) is 1.72. The van der Waals surface area contributed by atoms with E-state index >= 15 is 0 Å². The first-order valence-electron chi connectivity index (χ1n) is 7.96. The summed E-state index contributed by atoms with van der Waals surface area (Å²) in [6, 6.07) is 13.0. The maximum absolute atomic E-state index is 12.6. The summed E-state index contributed by atoms with van der Waals surface area (Å²) < 4.78 is 1.56. The van der Waals surface area contributed by atoms with Gasteiger partial charge in [0.05, 0.1) is 10.9 Å². The van der Waals surface area contributed by atoms with Crippen LogP contribution >= 0.6 is 11.6 Å². The molecule has 0 aliphatic carbocycles. The number of hydrogen-bond donors (Lipinski definition) is 1. The van der Waals surface area contributed by atoms with Gasteiger partial charge in [0.1, 0.15) is 0 Å². The topological polar surface area (TPSA) is 64.0 Å². The van der Waals surface area contributed by atoms with E-state index in [1.165, 1.54) is 0 Å². The maximum atomic E-state index is 12.6. The average Bonchev–Trinajstić information content (AvgIpc) is 2.58. The zero-order valence-corrected chi connectivity index (χ0v) is 14.8. The fourth-order valence-electron chi connectivity index (χ4n) is 2.74. The molecule has 0 saturated carbocycles. The van der Waals surface area contributed by atoms with E-state index in [1.54, 1.807) is 23.9 Å². The molecule has 1 N–H and O–H groups in total. The van der Waals surface area contributed by atoms with Crippen LogP contribution in [0, 0.1) is 6.92 Å². The number of carbonyl (C=O) groups excluding carboxylic acids is 1. The van der Waals surface area contributed by atoms with Crippen LogP contribution in [0.5, 0.6) is 0 Å². The molecule has 5 nitrogen and oxygen atoms in total. The zero-order chi connectivity index (χ0) is 18.0. The second-order valence-electron chi connectivity index (χ2n) is 5.96. The molecule has 1 amide bonds. The Labute approximate surface area is 150 Å². The van der Waals surface area contributed by atoms with Gasteiger partial charge in [-0.05, 0) is 43.2 Å². The highest BCUT2D eigenvalue weighted by Crippen LogP contribution is 2.12. The summed E-state index contributed by atoms with van der Waals surface area (Å²) in [5.41, 5.74) is 2.24. The molecule has 0 saturated heterocycles. The van der Waals surface area contributed by atoms with Crippen molar-refractivity contribution >= 4 is 28.4 Å². The van der Waals surface area contributed by atoms with E-state index in [0.29, 0.717) is 28.9 Å². The standard InChI is InChI=1S/C19H18ClN3O2/c1-12-6-7-16-15(10-12)18(24)17(22-23(16)2)19(25)21-9-8-13-4-3-5-14(20)11-13/h3-7,10-11H,8-9H2,1-2H3,(H,21,25). The minimum Gasteiger partial charge on any atom is -0.350 e. The van der Waals surface area contributed by atoms with Gasteiger partial charge in [-0.2, -0.15) is 5.10 Å². The first-order valence-corrected chi connectivity index (χ1v) is 8.34. The van der Waals surface area contributed by atoms with E-state index < -0.39 is 5.91 Å². The fourth-order valence-corrected chi connectivity index (χ4v) is 2.95. The highest BCUT2D eigenvalue weighted by atomic mass is 35.5. The van der Waals surface area contributed by atoms with Crippen LogP contribution in [0.3, 0.4) is 0 Å². The number of aryl methyl sites for hydroxylation is 2. The number of fused-ring (bicyclic) bond motifs is 1. The predicted octanol–water partition coefficient (Wildman–Crippen LogP) is 2.87. The second-order valence-corrected chi connectivity index (χ2v) is 6.39. The third kappa shape index (κ3) is 3.72. The van der Waals surface area contributed by atoms with Gasteiger partial charge in [-0.25, -0.2) is 0 Å². The number of nitrogens with one attached hydrogen (secondary N) is 1. The summed E-state index contributed by atoms with van der Waals surface area (Å²) in [5.74, 6) is -0.467. The molecule has 128 valence electrons. The molecule has 0 aliphatic rings. The molecule has 0 fully saturated rings. The molecule has 0 atom stereocenters. The molecule has 0 radical (unpaired) electrons. The molecule has 25 heavy (non-hydrogen) atoms. The summed E-state index contributed by atoms with van der Waals surface area (Å²) in [6.07, 6.45) is 0.624. The molecule has 1 heterocycles. The monoisotopic (exact) mass is 355 g/mol. The highest BCUT2D eigenvalue weighted by molar-refractivity contribution is 6.30. The number of halogens is 1. The van der Waals surface area contributed by atoms with Crippen molar-refractivity contribution in [2.75, 3.05) is 6.54 Å². The molecule has 1 aromatic heterocycles. The number of amides is 1. The van der Waals surface area contributed by atoms with Crippen molar-refractivity contribution in [3.63, 3.8) is 0 Å². The van der Waals surface area contributed by atoms with Crippen LogP contribution in [0.4, 0.5) is 0 Å². The van der Waals surface area contributed by atoms with E-state index in [9.17, 15) is 9.59 Å². The summed E-state index contributed by atoms with van der Waals surface area (Å²) in [5, 5.41) is 8.05. The summed E-state index contributed by atoms with van der Waals surface area (Å²) >= 11 is 5.95. The Balaban J connectivity index is 1.80. The molecule has 2 aromatic carbocycles. The van der Waals surface area contributed by atoms with E-state index in [4.69, 9.17) is 11.6 Å². The van der Waals surface area contributed by atoms with Gasteiger partial charge in [0.25, 0.3) is 5.91 Å². The van der Waals surface area contributed by atoms with Gasteiger partial charge in [-0.3, -0.25) is 14.3 Å². The smallest absolute Gasteiger partial charge is 0.275 e. The maximum Gasteiger partial charge on any atom is 0.275 e. The molecular formula is C19H18ClN3O2. The largest absolute Gasteiger partial charge is 0.350 e. The Morgan fingerprint density at radius 3 is 2.80 bits per heavy atom. The van der Waals surface area contributed by atoms with Crippen LogP contribution in [0.15, 0.2) is 47.3 Å². The lowest BCUT2D eigenvalue weighted by Gasteiger charge is -2.09. The molecule has 6 heteroatoms. The Morgan fingerprint density at radius 2 is 2.04 bits per heavy atom. The fraction of sp³-hybridized carbons (Fsp3) is 0.211. The van der Waals surface area contributed by atoms with Gasteiger partial charge in [0.2, 0.25) is 5.43 Å². The van der Waals surface area contributed by atoms with E-state index in [-0.39, 0.29) is 11.1 Å². The molecule has 0 spiro atoms. The van der Waals surface area contributed by atoms with Gasteiger partial charge in [-0.1, -0.05) is 35.4 Å². The Kier molecular flexibility index (Phi) is 4.86. The molecule has 3 rings (SSSR count). The van der Waals surface area contributed by atoms with Crippen LogP contribution in [0.25, 0.3) is 10.9 Å². The van der Waals surface area contributed by atoms with E-state index in [1.807, 2.05) is 37.3 Å². The quantitative estimate of drug-likeness (QED) is 0.782. The van der Waals surface area contributed by atoms with Gasteiger partial charge in [0.15, 0.2) is 5.69 Å². The van der Waals surface area contributed by atoms with Crippen molar-refractivity contribution in [1.82, 2.24) is 15.1 Å². The van der Waals surface area contributed by atoms with Crippen LogP contribution in [-0.4, -0.2) is 22.2 Å². The van der Waals surface area contributed by atoms with Crippen LogP contribution in [-0.2, 0) is 13.5 Å². The Bertz CT molecular complexity index is 1010. The molecule has 3 aromatic rings. The molecule has 0 unspecified atom stereocenters. The first-order chi connectivity index (χ1) is 12.0. The van der Waals surface area contributed by atoms with Crippen molar-refractivity contribution in [2.24, 2.45) is 7.05 Å². The molecule has 0 bridgehead atoms. The lowest BCUT2D eigenvalue weighted by molar-refractivity contribution is 0.0946. The van der Waals surface area contributed by atoms with Crippen molar-refractivity contribution in [3.05, 3.63) is 74.5 Å². The average molecular weight is 356 g/mol. The predicted molar refractivity (Wildman–Crippen MR) is 99.2 cm³/mol. The summed E-state index contributed by atoms with van der Waals surface area (Å²) in [4.78, 5) is 25.0. The second kappa shape index (κ2) is 7.07. The van der Waals surface area contributed by atoms with Gasteiger partial charge in [-0.15, -0.1) is 0 Å². The van der Waals surface area contributed by atoms with Crippen LogP contribution < -0.4 is 10.7 Å². The normalized spacial score (nSPS) is 10.8. The highest BCUT2D eigenvalue weighted by Gasteiger charge is 2.16. The van der Waals surface area contributed by atoms with E-state index in [0.717, 1.165) is 11.1 Å². The Hall–Kier alpha value is -2.66. The number of hydrogen-bond acceptors (Lipinski definition) is 3. The summed E-state index contributed by atoms with van der Waals surface area (Å²) in [6.45, 7) is 2.31. The van der Waals surface area contributed by atoms with Gasteiger partial charge < -0.3 is 5.32 Å². The third-order valence-electron chi connectivity index (χ3n) is 4.01. The first kappa shape index (κ1) is 17.2. The van der Waals surface area contributed by atoms with Crippen molar-refractivity contribution in [2.45, 2.75) is 13.3 Å². The Morgan fingerprint density at radius 1 is 1.24 bits per heavy atom. The minimum atomic E-state index is -0.467. The van der Waals surface area contributed by atoms with Gasteiger partial charge >= 0.3 is 0 Å². The van der Waals surface area contributed by atoms with Gasteiger partial charge in [0, 0.05) is 18.6 Å². The van der Waals surface area contributed by atoms with Crippen LogP contribution in [0.1, 0.15) is 21.6 Å². The van der Waals surface area contributed by atoms with Crippen molar-refractivity contribution in [1.29, 1.82) is 0 Å². The lowest BCUT2D eigenvalue weighted by Crippen LogP contribution is -2.33. The zero-order valence-electron chi connectivity index (χ0n) is 14.0. The third-order valence-corrected chi connectivity index (χ3v) is 4.25. The molecule has 0 aliphatic heterocycles. The van der Waals surface area contributed by atoms with E-state index in [2.05, 4.69) is 10.4 Å². The minimum absolute atomic E-state index is 0.0910. The van der Waals surface area contributed by atoms with Crippen molar-refractivity contribution in [3.8, 4) is 0 Å². The lowest BCUT2D eigenvalue weighted by atomic mass is 10.1. The van der Waals surface area contributed by atoms with Crippen molar-refractivity contribution < 1.29 is 4.79 Å². The van der Waals surface area contributed by atoms with Crippen LogP contribution in [0.2, 0.25) is 5.02 Å². The number of carbonyl (C=O) groups is 1.